The summed E-state index contributed by atoms with van der Waals surface area (Å²) in [6, 6.07) is 10.5. The topological polar surface area (TPSA) is 0 Å². The third-order valence-electron chi connectivity index (χ3n) is 7.30. The first-order valence-electron chi connectivity index (χ1n) is 11.9. The zero-order chi connectivity index (χ0) is 21.5. The number of halogens is 3. The molecule has 0 nitrogen and oxygen atoms in total. The fraction of sp³-hybridized carbons (Fsp3) is 0.630. The molecule has 0 aromatic heterocycles. The van der Waals surface area contributed by atoms with Gasteiger partial charge in [-0.3, -0.25) is 0 Å². The van der Waals surface area contributed by atoms with Crippen LogP contribution in [0.3, 0.4) is 0 Å². The van der Waals surface area contributed by atoms with Crippen LogP contribution >= 0.6 is 0 Å². The van der Waals surface area contributed by atoms with E-state index in [9.17, 15) is 13.2 Å². The molecule has 2 aliphatic rings. The molecule has 1 saturated carbocycles. The van der Waals surface area contributed by atoms with Crippen LogP contribution in [0.4, 0.5) is 13.2 Å². The Morgan fingerprint density at radius 2 is 1.57 bits per heavy atom. The van der Waals surface area contributed by atoms with Crippen LogP contribution in [0.25, 0.3) is 0 Å². The van der Waals surface area contributed by atoms with Crippen LogP contribution in [0.15, 0.2) is 54.6 Å². The fourth-order valence-corrected chi connectivity index (χ4v) is 5.46. The molecule has 0 spiro atoms. The van der Waals surface area contributed by atoms with Gasteiger partial charge in [0, 0.05) is 17.8 Å². The van der Waals surface area contributed by atoms with Crippen LogP contribution in [0, 0.1) is 17.3 Å². The van der Waals surface area contributed by atoms with Gasteiger partial charge in [-0.2, -0.15) is 13.2 Å². The molecular formula is C27H37F3. The molecule has 1 fully saturated rings. The van der Waals surface area contributed by atoms with E-state index in [2.05, 4.69) is 55.5 Å². The summed E-state index contributed by atoms with van der Waals surface area (Å²) in [5, 5.41) is 0. The summed E-state index contributed by atoms with van der Waals surface area (Å²) in [7, 11) is 0. The number of alkyl halides is 3. The Hall–Kier alpha value is -1.51. The first-order chi connectivity index (χ1) is 14.4. The van der Waals surface area contributed by atoms with Crippen molar-refractivity contribution >= 4 is 0 Å². The first-order valence-corrected chi connectivity index (χ1v) is 11.9. The molecule has 3 heteroatoms. The van der Waals surface area contributed by atoms with Crippen LogP contribution in [0.1, 0.15) is 89.0 Å². The minimum atomic E-state index is -4.04. The Kier molecular flexibility index (Phi) is 8.25. The maximum absolute atomic E-state index is 12.6. The molecule has 2 aliphatic carbocycles. The van der Waals surface area contributed by atoms with Crippen molar-refractivity contribution in [3.63, 3.8) is 0 Å². The van der Waals surface area contributed by atoms with E-state index in [0.717, 1.165) is 12.3 Å². The lowest BCUT2D eigenvalue weighted by atomic mass is 9.62. The van der Waals surface area contributed by atoms with Crippen LogP contribution < -0.4 is 0 Å². The van der Waals surface area contributed by atoms with Gasteiger partial charge in [0.05, 0.1) is 0 Å². The summed E-state index contributed by atoms with van der Waals surface area (Å²) in [5.74, 6) is 1.68. The number of hydrogen-bond acceptors (Lipinski definition) is 0. The van der Waals surface area contributed by atoms with Crippen LogP contribution in [-0.2, 0) is 0 Å². The molecule has 1 aromatic carbocycles. The maximum Gasteiger partial charge on any atom is 0.389 e. The van der Waals surface area contributed by atoms with Crippen molar-refractivity contribution in [1.29, 1.82) is 0 Å². The SMILES string of the molecule is CCCCC1CCC(C2(CCCCC(F)(F)F)C=CC(c3ccccc3)C=C2)CC1. The van der Waals surface area contributed by atoms with Crippen molar-refractivity contribution < 1.29 is 13.2 Å². The molecule has 166 valence electrons. The van der Waals surface area contributed by atoms with Gasteiger partial charge in [-0.15, -0.1) is 0 Å². The highest BCUT2D eigenvalue weighted by atomic mass is 19.4. The zero-order valence-electron chi connectivity index (χ0n) is 18.3. The second kappa shape index (κ2) is 10.7. The molecule has 0 atom stereocenters. The van der Waals surface area contributed by atoms with Crippen molar-refractivity contribution in [1.82, 2.24) is 0 Å². The second-order valence-corrected chi connectivity index (χ2v) is 9.45. The number of hydrogen-bond donors (Lipinski definition) is 0. The van der Waals surface area contributed by atoms with Crippen molar-refractivity contribution in [3.05, 3.63) is 60.2 Å². The molecule has 1 aromatic rings. The van der Waals surface area contributed by atoms with Crippen LogP contribution in [0.5, 0.6) is 0 Å². The Morgan fingerprint density at radius 3 is 2.17 bits per heavy atom. The summed E-state index contributed by atoms with van der Waals surface area (Å²) in [6.45, 7) is 2.25. The van der Waals surface area contributed by atoms with Gasteiger partial charge < -0.3 is 0 Å². The van der Waals surface area contributed by atoms with E-state index < -0.39 is 12.6 Å². The molecular weight excluding hydrogens is 381 g/mol. The van der Waals surface area contributed by atoms with E-state index in [0.29, 0.717) is 12.3 Å². The number of unbranched alkanes of at least 4 members (excludes halogenated alkanes) is 2. The summed E-state index contributed by atoms with van der Waals surface area (Å²) < 4.78 is 37.9. The maximum atomic E-state index is 12.6. The highest BCUT2D eigenvalue weighted by Gasteiger charge is 2.38. The molecule has 3 rings (SSSR count). The van der Waals surface area contributed by atoms with E-state index in [-0.39, 0.29) is 17.8 Å². The largest absolute Gasteiger partial charge is 0.389 e. The predicted octanol–water partition coefficient (Wildman–Crippen LogP) is 9.00. The molecule has 0 N–H and O–H groups in total. The van der Waals surface area contributed by atoms with Gasteiger partial charge in [0.1, 0.15) is 0 Å². The predicted molar refractivity (Wildman–Crippen MR) is 119 cm³/mol. The Balaban J connectivity index is 1.66. The van der Waals surface area contributed by atoms with Gasteiger partial charge in [0.15, 0.2) is 0 Å². The molecule has 0 amide bonds. The van der Waals surface area contributed by atoms with E-state index in [4.69, 9.17) is 0 Å². The summed E-state index contributed by atoms with van der Waals surface area (Å²) in [4.78, 5) is 0. The van der Waals surface area contributed by atoms with E-state index in [1.165, 1.54) is 50.5 Å². The van der Waals surface area contributed by atoms with Crippen molar-refractivity contribution in [2.75, 3.05) is 0 Å². The standard InChI is InChI=1S/C27H37F3/c1-2-3-9-22-12-14-25(15-13-22)26(18-7-8-19-27(28,29)30)20-16-24(17-21-26)23-10-5-4-6-11-23/h4-6,10-11,16-17,20-22,24-25H,2-3,7-9,12-15,18-19H2,1H3. The van der Waals surface area contributed by atoms with Gasteiger partial charge in [0.2, 0.25) is 0 Å². The average molecular weight is 419 g/mol. The van der Waals surface area contributed by atoms with Crippen LogP contribution in [0.2, 0.25) is 0 Å². The third kappa shape index (κ3) is 6.49. The highest BCUT2D eigenvalue weighted by Crippen LogP contribution is 2.49. The molecule has 0 radical (unpaired) electrons. The molecule has 30 heavy (non-hydrogen) atoms. The first kappa shape index (κ1) is 23.2. The molecule has 0 heterocycles. The Labute approximate surface area is 180 Å². The van der Waals surface area contributed by atoms with Crippen molar-refractivity contribution in [2.24, 2.45) is 17.3 Å². The molecule has 0 aliphatic heterocycles. The van der Waals surface area contributed by atoms with Gasteiger partial charge in [-0.05, 0) is 43.1 Å². The highest BCUT2D eigenvalue weighted by molar-refractivity contribution is 5.34. The Bertz CT molecular complexity index is 664. The second-order valence-electron chi connectivity index (χ2n) is 9.45. The minimum Gasteiger partial charge on any atom is -0.171 e. The summed E-state index contributed by atoms with van der Waals surface area (Å²) >= 11 is 0. The fourth-order valence-electron chi connectivity index (χ4n) is 5.46. The molecule has 0 unspecified atom stereocenters. The lowest BCUT2D eigenvalue weighted by Gasteiger charge is -2.42. The average Bonchev–Trinajstić information content (AvgIpc) is 2.76. The van der Waals surface area contributed by atoms with Gasteiger partial charge in [-0.25, -0.2) is 0 Å². The Morgan fingerprint density at radius 1 is 0.900 bits per heavy atom. The molecule has 0 saturated heterocycles. The lowest BCUT2D eigenvalue weighted by molar-refractivity contribution is -0.135. The number of rotatable bonds is 9. The quantitative estimate of drug-likeness (QED) is 0.277. The van der Waals surface area contributed by atoms with E-state index in [1.807, 2.05) is 6.07 Å². The summed E-state index contributed by atoms with van der Waals surface area (Å²) in [5.41, 5.74) is 1.21. The van der Waals surface area contributed by atoms with Crippen molar-refractivity contribution in [2.45, 2.75) is 89.6 Å². The minimum absolute atomic E-state index is 0.0629. The van der Waals surface area contributed by atoms with Crippen LogP contribution in [-0.4, -0.2) is 6.18 Å². The summed E-state index contributed by atoms with van der Waals surface area (Å²) in [6.07, 6.45) is 15.2. The van der Waals surface area contributed by atoms with E-state index in [1.54, 1.807) is 0 Å². The van der Waals surface area contributed by atoms with Gasteiger partial charge >= 0.3 is 6.18 Å². The third-order valence-corrected chi connectivity index (χ3v) is 7.30. The van der Waals surface area contributed by atoms with Gasteiger partial charge in [0.25, 0.3) is 0 Å². The number of allylic oxidation sites excluding steroid dienone is 4. The molecule has 0 bridgehead atoms. The smallest absolute Gasteiger partial charge is 0.171 e. The monoisotopic (exact) mass is 418 g/mol. The normalized spacial score (nSPS) is 29.3. The zero-order valence-corrected chi connectivity index (χ0v) is 18.3. The van der Waals surface area contributed by atoms with Gasteiger partial charge in [-0.1, -0.05) is 100 Å². The van der Waals surface area contributed by atoms with E-state index >= 15 is 0 Å². The lowest BCUT2D eigenvalue weighted by Crippen LogP contribution is -2.32. The number of benzene rings is 1. The van der Waals surface area contributed by atoms with Crippen molar-refractivity contribution in [3.8, 4) is 0 Å².